The van der Waals surface area contributed by atoms with E-state index in [1.165, 1.54) is 0 Å². The van der Waals surface area contributed by atoms with Crippen LogP contribution in [-0.2, 0) is 11.2 Å². The first-order chi connectivity index (χ1) is 9.87. The summed E-state index contributed by atoms with van der Waals surface area (Å²) in [5, 5.41) is 8.78. The number of amides is 2. The van der Waals surface area contributed by atoms with Crippen LogP contribution in [-0.4, -0.2) is 30.4 Å². The summed E-state index contributed by atoms with van der Waals surface area (Å²) in [6.07, 6.45) is 2.06. The number of aryl methyl sites for hydroxylation is 1. The minimum Gasteiger partial charge on any atom is -0.384 e. The molecule has 2 rings (SSSR count). The molecule has 0 spiro atoms. The van der Waals surface area contributed by atoms with Crippen molar-refractivity contribution < 1.29 is 9.59 Å². The third-order valence-corrected chi connectivity index (χ3v) is 3.24. The number of hydrogen-bond donors (Lipinski definition) is 3. The molecule has 5 nitrogen and oxygen atoms in total. The number of rotatable bonds is 3. The van der Waals surface area contributed by atoms with Crippen molar-refractivity contribution in [3.63, 3.8) is 0 Å². The zero-order chi connectivity index (χ0) is 15.5. The number of hydrogen-bond acceptors (Lipinski definition) is 3. The molecule has 0 bridgehead atoms. The van der Waals surface area contributed by atoms with Crippen LogP contribution in [0.5, 0.6) is 0 Å². The molecule has 0 atom stereocenters. The standard InChI is InChI=1S/C16H23N3O2/c1-16(2,3)19-13(20)10-18-15(21)12-8-4-6-11-7-5-9-17-14(11)12/h4,6,8,17H,5,7,9-10H2,1-3H3,(H,18,21)(H,19,20). The van der Waals surface area contributed by atoms with Gasteiger partial charge in [0.25, 0.3) is 5.91 Å². The van der Waals surface area contributed by atoms with Crippen LogP contribution >= 0.6 is 0 Å². The summed E-state index contributed by atoms with van der Waals surface area (Å²) in [5.41, 5.74) is 2.37. The lowest BCUT2D eigenvalue weighted by molar-refractivity contribution is -0.121. The first-order valence-electron chi connectivity index (χ1n) is 7.32. The highest BCUT2D eigenvalue weighted by Crippen LogP contribution is 2.25. The summed E-state index contributed by atoms with van der Waals surface area (Å²) in [6, 6.07) is 5.70. The minimum atomic E-state index is -0.296. The zero-order valence-electron chi connectivity index (χ0n) is 12.9. The third-order valence-electron chi connectivity index (χ3n) is 3.24. The molecule has 1 aromatic rings. The first kappa shape index (κ1) is 15.4. The maximum absolute atomic E-state index is 12.3. The smallest absolute Gasteiger partial charge is 0.253 e. The maximum atomic E-state index is 12.3. The SMILES string of the molecule is CC(C)(C)NC(=O)CNC(=O)c1cccc2c1NCCC2. The Hall–Kier alpha value is -2.04. The van der Waals surface area contributed by atoms with E-state index < -0.39 is 0 Å². The molecular formula is C16H23N3O2. The summed E-state index contributed by atoms with van der Waals surface area (Å²) in [6.45, 7) is 6.58. The Labute approximate surface area is 125 Å². The van der Waals surface area contributed by atoms with Crippen LogP contribution in [0.3, 0.4) is 0 Å². The van der Waals surface area contributed by atoms with Gasteiger partial charge in [-0.05, 0) is 45.2 Å². The predicted octanol–water partition coefficient (Wildman–Crippen LogP) is 1.69. The summed E-state index contributed by atoms with van der Waals surface area (Å²) < 4.78 is 0. The van der Waals surface area contributed by atoms with Crippen molar-refractivity contribution >= 4 is 17.5 Å². The molecule has 0 radical (unpaired) electrons. The van der Waals surface area contributed by atoms with Crippen molar-refractivity contribution in [3.8, 4) is 0 Å². The van der Waals surface area contributed by atoms with E-state index in [2.05, 4.69) is 16.0 Å². The fourth-order valence-electron chi connectivity index (χ4n) is 2.42. The normalized spacial score (nSPS) is 13.9. The van der Waals surface area contributed by atoms with Gasteiger partial charge in [0.15, 0.2) is 0 Å². The second-order valence-corrected chi connectivity index (χ2v) is 6.35. The lowest BCUT2D eigenvalue weighted by Gasteiger charge is -2.22. The molecule has 5 heteroatoms. The number of carbonyl (C=O) groups is 2. The molecular weight excluding hydrogens is 266 g/mol. The quantitative estimate of drug-likeness (QED) is 0.793. The Bertz CT molecular complexity index is 547. The maximum Gasteiger partial charge on any atom is 0.253 e. The van der Waals surface area contributed by atoms with E-state index in [4.69, 9.17) is 0 Å². The van der Waals surface area contributed by atoms with Crippen LogP contribution in [0.2, 0.25) is 0 Å². The largest absolute Gasteiger partial charge is 0.384 e. The summed E-state index contributed by atoms with van der Waals surface area (Å²) >= 11 is 0. The monoisotopic (exact) mass is 289 g/mol. The van der Waals surface area contributed by atoms with Gasteiger partial charge in [0.05, 0.1) is 17.8 Å². The highest BCUT2D eigenvalue weighted by atomic mass is 16.2. The molecule has 1 aromatic carbocycles. The van der Waals surface area contributed by atoms with Crippen LogP contribution in [0.25, 0.3) is 0 Å². The summed E-state index contributed by atoms with van der Waals surface area (Å²) in [5.74, 6) is -0.404. The van der Waals surface area contributed by atoms with Crippen molar-refractivity contribution in [3.05, 3.63) is 29.3 Å². The molecule has 0 fully saturated rings. The molecule has 0 aliphatic carbocycles. The van der Waals surface area contributed by atoms with E-state index in [1.807, 2.05) is 32.9 Å². The minimum absolute atomic E-state index is 0.0141. The molecule has 1 heterocycles. The Kier molecular flexibility index (Phi) is 4.50. The van der Waals surface area contributed by atoms with Gasteiger partial charge in [-0.25, -0.2) is 0 Å². The molecule has 114 valence electrons. The molecule has 1 aliphatic heterocycles. The van der Waals surface area contributed by atoms with Crippen LogP contribution in [0.15, 0.2) is 18.2 Å². The molecule has 3 N–H and O–H groups in total. The summed E-state index contributed by atoms with van der Waals surface area (Å²) in [4.78, 5) is 24.0. The molecule has 0 aromatic heterocycles. The van der Waals surface area contributed by atoms with Gasteiger partial charge < -0.3 is 16.0 Å². The Morgan fingerprint density at radius 3 is 2.76 bits per heavy atom. The van der Waals surface area contributed by atoms with Crippen molar-refractivity contribution in [2.45, 2.75) is 39.2 Å². The highest BCUT2D eigenvalue weighted by molar-refractivity contribution is 6.01. The fraction of sp³-hybridized carbons (Fsp3) is 0.500. The van der Waals surface area contributed by atoms with E-state index >= 15 is 0 Å². The van der Waals surface area contributed by atoms with Gasteiger partial charge in [0, 0.05) is 12.1 Å². The second kappa shape index (κ2) is 6.16. The molecule has 21 heavy (non-hydrogen) atoms. The average Bonchev–Trinajstić information content (AvgIpc) is 2.42. The Morgan fingerprint density at radius 2 is 2.05 bits per heavy atom. The summed E-state index contributed by atoms with van der Waals surface area (Å²) in [7, 11) is 0. The molecule has 2 amide bonds. The van der Waals surface area contributed by atoms with Crippen molar-refractivity contribution in [2.75, 3.05) is 18.4 Å². The number of benzene rings is 1. The van der Waals surface area contributed by atoms with Gasteiger partial charge in [0.2, 0.25) is 5.91 Å². The Morgan fingerprint density at radius 1 is 1.29 bits per heavy atom. The molecule has 1 aliphatic rings. The lowest BCUT2D eigenvalue weighted by Crippen LogP contribution is -2.45. The van der Waals surface area contributed by atoms with Crippen LogP contribution < -0.4 is 16.0 Å². The van der Waals surface area contributed by atoms with Gasteiger partial charge in [-0.3, -0.25) is 9.59 Å². The van der Waals surface area contributed by atoms with Crippen molar-refractivity contribution in [2.24, 2.45) is 0 Å². The van der Waals surface area contributed by atoms with E-state index in [0.717, 1.165) is 30.6 Å². The van der Waals surface area contributed by atoms with Crippen molar-refractivity contribution in [1.29, 1.82) is 0 Å². The van der Waals surface area contributed by atoms with E-state index in [-0.39, 0.29) is 23.9 Å². The number of nitrogens with one attached hydrogen (secondary N) is 3. The number of para-hydroxylation sites is 1. The molecule has 0 unspecified atom stereocenters. The van der Waals surface area contributed by atoms with E-state index in [0.29, 0.717) is 5.56 Å². The van der Waals surface area contributed by atoms with Gasteiger partial charge >= 0.3 is 0 Å². The number of anilines is 1. The fourth-order valence-corrected chi connectivity index (χ4v) is 2.42. The zero-order valence-corrected chi connectivity index (χ0v) is 12.9. The lowest BCUT2D eigenvalue weighted by atomic mass is 9.99. The number of carbonyl (C=O) groups excluding carboxylic acids is 2. The predicted molar refractivity (Wildman–Crippen MR) is 83.5 cm³/mol. The Balaban J connectivity index is 2.00. The van der Waals surface area contributed by atoms with E-state index in [1.54, 1.807) is 6.07 Å². The third kappa shape index (κ3) is 4.21. The molecule has 0 saturated carbocycles. The van der Waals surface area contributed by atoms with Crippen LogP contribution in [0, 0.1) is 0 Å². The topological polar surface area (TPSA) is 70.2 Å². The highest BCUT2D eigenvalue weighted by Gasteiger charge is 2.19. The van der Waals surface area contributed by atoms with Gasteiger partial charge in [-0.15, -0.1) is 0 Å². The van der Waals surface area contributed by atoms with Crippen LogP contribution in [0.4, 0.5) is 5.69 Å². The van der Waals surface area contributed by atoms with E-state index in [9.17, 15) is 9.59 Å². The second-order valence-electron chi connectivity index (χ2n) is 6.35. The van der Waals surface area contributed by atoms with Gasteiger partial charge in [0.1, 0.15) is 0 Å². The number of fused-ring (bicyclic) bond motifs is 1. The first-order valence-corrected chi connectivity index (χ1v) is 7.32. The van der Waals surface area contributed by atoms with Crippen molar-refractivity contribution in [1.82, 2.24) is 10.6 Å². The molecule has 0 saturated heterocycles. The average molecular weight is 289 g/mol. The van der Waals surface area contributed by atoms with Gasteiger partial charge in [-0.1, -0.05) is 12.1 Å². The van der Waals surface area contributed by atoms with Gasteiger partial charge in [-0.2, -0.15) is 0 Å². The van der Waals surface area contributed by atoms with Crippen LogP contribution in [0.1, 0.15) is 43.1 Å².